The maximum Gasteiger partial charge on any atom is 0.350 e. The summed E-state index contributed by atoms with van der Waals surface area (Å²) >= 11 is 1.20. The highest BCUT2D eigenvalue weighted by Gasteiger charge is 2.29. The summed E-state index contributed by atoms with van der Waals surface area (Å²) in [6.07, 6.45) is 7.05. The van der Waals surface area contributed by atoms with Crippen LogP contribution in [0.15, 0.2) is 6.07 Å². The number of ether oxygens (including phenoxy) is 1. The van der Waals surface area contributed by atoms with Gasteiger partial charge in [-0.2, -0.15) is 0 Å². The van der Waals surface area contributed by atoms with Crippen LogP contribution >= 0.6 is 11.3 Å². The van der Waals surface area contributed by atoms with Crippen molar-refractivity contribution in [3.05, 3.63) is 15.8 Å². The first-order chi connectivity index (χ1) is 15.0. The molecule has 0 spiro atoms. The molecule has 2 aliphatic carbocycles. The van der Waals surface area contributed by atoms with E-state index in [1.165, 1.54) is 44.1 Å². The van der Waals surface area contributed by atoms with Gasteiger partial charge in [-0.15, -0.1) is 11.3 Å². The number of carbonyl (C=O) groups excluding carboxylic acids is 1. The lowest BCUT2D eigenvalue weighted by molar-refractivity contribution is 0.0603. The van der Waals surface area contributed by atoms with E-state index in [4.69, 9.17) is 4.74 Å². The number of alkyl halides is 1. The molecule has 1 N–H and O–H groups in total. The van der Waals surface area contributed by atoms with Gasteiger partial charge in [0.05, 0.1) is 23.7 Å². The Labute approximate surface area is 197 Å². The van der Waals surface area contributed by atoms with Crippen LogP contribution in [0.2, 0.25) is 0 Å². The van der Waals surface area contributed by atoms with E-state index in [-0.39, 0.29) is 11.5 Å². The van der Waals surface area contributed by atoms with Crippen molar-refractivity contribution < 1.29 is 19.1 Å². The predicted octanol–water partition coefficient (Wildman–Crippen LogP) is 7.24. The molecule has 180 valence electrons. The van der Waals surface area contributed by atoms with Crippen LogP contribution in [0.5, 0.6) is 0 Å². The van der Waals surface area contributed by atoms with Crippen molar-refractivity contribution in [2.75, 3.05) is 12.2 Å². The smallest absolute Gasteiger partial charge is 0.350 e. The summed E-state index contributed by atoms with van der Waals surface area (Å²) in [6, 6.07) is 1.51. The summed E-state index contributed by atoms with van der Waals surface area (Å²) in [6.45, 7) is 10.7. The topological polar surface area (TPSA) is 49.8 Å². The molecule has 32 heavy (non-hydrogen) atoms. The summed E-state index contributed by atoms with van der Waals surface area (Å²) < 4.78 is 18.1. The van der Waals surface area contributed by atoms with Gasteiger partial charge in [-0.05, 0) is 64.4 Å². The Balaban J connectivity index is 0.000000380. The number of esters is 1. The molecule has 2 saturated carbocycles. The summed E-state index contributed by atoms with van der Waals surface area (Å²) in [7, 11) is 1.31. The SMILES string of the molecule is CC1CCC(C)CC1.COC(=O)c1sc(C#CC(C)(C)C)cc1N(O)C1CCC(F)CC1. The lowest BCUT2D eigenvalue weighted by Gasteiger charge is -2.31. The van der Waals surface area contributed by atoms with Gasteiger partial charge in [-0.25, -0.2) is 9.18 Å². The number of hydrogen-bond acceptors (Lipinski definition) is 5. The standard InChI is InChI=1S/C18H24FNO3S.C8H16/c1-18(2,3)10-9-14-11-15(16(24-14)17(21)23-4)20(22)13-7-5-12(19)6-8-13;1-7-3-5-8(2)6-4-7/h11-13,22H,5-8H2,1-4H3;7-8H,3-6H2,1-2H3. The Morgan fingerprint density at radius 1 is 1.09 bits per heavy atom. The maximum atomic E-state index is 13.3. The minimum Gasteiger partial charge on any atom is -0.465 e. The van der Waals surface area contributed by atoms with Gasteiger partial charge in [0.15, 0.2) is 0 Å². The Kier molecular flexibility index (Phi) is 10.0. The summed E-state index contributed by atoms with van der Waals surface area (Å²) in [5, 5.41) is 11.7. The number of hydrogen-bond donors (Lipinski definition) is 1. The summed E-state index contributed by atoms with van der Waals surface area (Å²) in [5.41, 5.74) is 0.237. The molecule has 0 bridgehead atoms. The first kappa shape index (κ1) is 26.7. The van der Waals surface area contributed by atoms with Crippen molar-refractivity contribution in [3.8, 4) is 11.8 Å². The second-order valence-corrected chi connectivity index (χ2v) is 11.5. The summed E-state index contributed by atoms with van der Waals surface area (Å²) in [5.74, 6) is 7.71. The Bertz CT molecular complexity index is 778. The molecule has 0 aromatic carbocycles. The molecule has 0 unspecified atom stereocenters. The molecule has 0 amide bonds. The first-order valence-corrected chi connectivity index (χ1v) is 12.7. The molecular weight excluding hydrogens is 425 g/mol. The number of hydroxylamine groups is 1. The van der Waals surface area contributed by atoms with Crippen LogP contribution in [0.3, 0.4) is 0 Å². The highest BCUT2D eigenvalue weighted by atomic mass is 32.1. The molecule has 0 radical (unpaired) electrons. The zero-order valence-electron chi connectivity index (χ0n) is 20.5. The largest absolute Gasteiger partial charge is 0.465 e. The lowest BCUT2D eigenvalue weighted by atomic mass is 9.84. The van der Waals surface area contributed by atoms with Crippen molar-refractivity contribution in [1.29, 1.82) is 0 Å². The molecule has 4 nitrogen and oxygen atoms in total. The Morgan fingerprint density at radius 3 is 2.09 bits per heavy atom. The van der Waals surface area contributed by atoms with Gasteiger partial charge in [0.25, 0.3) is 0 Å². The highest BCUT2D eigenvalue weighted by molar-refractivity contribution is 7.15. The zero-order valence-corrected chi connectivity index (χ0v) is 21.4. The predicted molar refractivity (Wildman–Crippen MR) is 130 cm³/mol. The average Bonchev–Trinajstić information content (AvgIpc) is 3.18. The monoisotopic (exact) mass is 465 g/mol. The third-order valence-corrected chi connectivity index (χ3v) is 7.19. The van der Waals surface area contributed by atoms with E-state index in [9.17, 15) is 14.4 Å². The van der Waals surface area contributed by atoms with Gasteiger partial charge in [0, 0.05) is 5.41 Å². The fourth-order valence-corrected chi connectivity index (χ4v) is 4.92. The third-order valence-electron chi connectivity index (χ3n) is 6.17. The number of anilines is 1. The van der Waals surface area contributed by atoms with Gasteiger partial charge < -0.3 is 4.74 Å². The Morgan fingerprint density at radius 2 is 1.62 bits per heavy atom. The Hall–Kier alpha value is -1.58. The number of nitrogens with zero attached hydrogens (tertiary/aromatic N) is 1. The van der Waals surface area contributed by atoms with Crippen molar-refractivity contribution in [2.24, 2.45) is 17.3 Å². The molecular formula is C26H40FNO3S. The van der Waals surface area contributed by atoms with Gasteiger partial charge in [-0.3, -0.25) is 10.3 Å². The van der Waals surface area contributed by atoms with Crippen molar-refractivity contribution in [1.82, 2.24) is 0 Å². The molecule has 0 atom stereocenters. The van der Waals surface area contributed by atoms with Gasteiger partial charge in [0.2, 0.25) is 0 Å². The molecule has 2 aliphatic rings. The minimum atomic E-state index is -0.801. The molecule has 1 heterocycles. The molecule has 3 rings (SSSR count). The fourth-order valence-electron chi connectivity index (χ4n) is 4.00. The first-order valence-electron chi connectivity index (χ1n) is 11.9. The quantitative estimate of drug-likeness (QED) is 0.290. The van der Waals surface area contributed by atoms with Crippen molar-refractivity contribution in [3.63, 3.8) is 0 Å². The molecule has 1 aromatic heterocycles. The molecule has 0 saturated heterocycles. The minimum absolute atomic E-state index is 0.159. The van der Waals surface area contributed by atoms with Gasteiger partial charge >= 0.3 is 5.97 Å². The second kappa shape index (κ2) is 12.0. The number of carbonyl (C=O) groups is 1. The van der Waals surface area contributed by atoms with Crippen LogP contribution in [0.1, 0.15) is 101 Å². The van der Waals surface area contributed by atoms with Crippen LogP contribution in [-0.2, 0) is 4.74 Å². The van der Waals surface area contributed by atoms with Gasteiger partial charge in [0.1, 0.15) is 11.0 Å². The van der Waals surface area contributed by atoms with E-state index in [0.717, 1.165) is 16.9 Å². The van der Waals surface area contributed by atoms with E-state index in [1.807, 2.05) is 20.8 Å². The molecule has 0 aliphatic heterocycles. The van der Waals surface area contributed by atoms with E-state index >= 15 is 0 Å². The van der Waals surface area contributed by atoms with Crippen molar-refractivity contribution in [2.45, 2.75) is 98.2 Å². The molecule has 2 fully saturated rings. The van der Waals surface area contributed by atoms with Crippen LogP contribution in [0.25, 0.3) is 0 Å². The number of rotatable bonds is 3. The van der Waals surface area contributed by atoms with E-state index in [0.29, 0.717) is 41.1 Å². The zero-order chi connectivity index (χ0) is 23.9. The molecule has 1 aromatic rings. The van der Waals surface area contributed by atoms with Crippen LogP contribution in [-0.4, -0.2) is 30.5 Å². The fraction of sp³-hybridized carbons (Fsp3) is 0.731. The second-order valence-electron chi connectivity index (χ2n) is 10.4. The lowest BCUT2D eigenvalue weighted by Crippen LogP contribution is -2.36. The average molecular weight is 466 g/mol. The number of halogens is 1. The van der Waals surface area contributed by atoms with E-state index in [1.54, 1.807) is 6.07 Å². The van der Waals surface area contributed by atoms with E-state index in [2.05, 4.69) is 25.7 Å². The molecule has 6 heteroatoms. The third kappa shape index (κ3) is 8.41. The van der Waals surface area contributed by atoms with Crippen molar-refractivity contribution >= 4 is 23.0 Å². The van der Waals surface area contributed by atoms with Gasteiger partial charge in [-0.1, -0.05) is 51.4 Å². The normalized spacial score (nSPS) is 25.6. The summed E-state index contributed by atoms with van der Waals surface area (Å²) in [4.78, 5) is 13.0. The van der Waals surface area contributed by atoms with Crippen LogP contribution in [0.4, 0.5) is 10.1 Å². The number of methoxy groups -OCH3 is 1. The van der Waals surface area contributed by atoms with Crippen LogP contribution in [0, 0.1) is 29.1 Å². The number of thiophene rings is 1. The van der Waals surface area contributed by atoms with E-state index < -0.39 is 12.1 Å². The van der Waals surface area contributed by atoms with Crippen LogP contribution < -0.4 is 5.06 Å². The highest BCUT2D eigenvalue weighted by Crippen LogP contribution is 2.35. The maximum absolute atomic E-state index is 13.3.